The van der Waals surface area contributed by atoms with Crippen molar-refractivity contribution in [2.75, 3.05) is 7.11 Å². The third-order valence-electron chi connectivity index (χ3n) is 7.89. The molecule has 0 aromatic heterocycles. The number of hydrogen-bond acceptors (Lipinski definition) is 4. The lowest BCUT2D eigenvalue weighted by Crippen LogP contribution is -2.33. The van der Waals surface area contributed by atoms with Crippen LogP contribution in [0.2, 0.25) is 0 Å². The van der Waals surface area contributed by atoms with E-state index >= 15 is 0 Å². The fourth-order valence-corrected chi connectivity index (χ4v) is 5.43. The third kappa shape index (κ3) is 25.4. The molecule has 0 radical (unpaired) electrons. The van der Waals surface area contributed by atoms with E-state index in [1.54, 1.807) is 0 Å². The summed E-state index contributed by atoms with van der Waals surface area (Å²) in [5.41, 5.74) is 0. The zero-order chi connectivity index (χ0) is 28.8. The van der Waals surface area contributed by atoms with Crippen LogP contribution in [0.1, 0.15) is 181 Å². The Bertz CT molecular complexity index is 571. The zero-order valence-electron chi connectivity index (χ0n) is 26.6. The molecule has 0 saturated carbocycles. The van der Waals surface area contributed by atoms with Crippen molar-refractivity contribution in [2.24, 2.45) is 5.92 Å². The maximum absolute atomic E-state index is 12.6. The second kappa shape index (κ2) is 29.7. The number of unbranched alkanes of at least 4 members (excludes halogenated alkanes) is 20. The van der Waals surface area contributed by atoms with Crippen molar-refractivity contribution in [3.05, 3.63) is 12.2 Å². The van der Waals surface area contributed by atoms with Crippen LogP contribution in [0.4, 0.5) is 0 Å². The number of hydrogen-bond donors (Lipinski definition) is 0. The van der Waals surface area contributed by atoms with Gasteiger partial charge in [-0.1, -0.05) is 142 Å². The summed E-state index contributed by atoms with van der Waals surface area (Å²) >= 11 is 0. The van der Waals surface area contributed by atoms with E-state index in [1.165, 1.54) is 130 Å². The fourth-order valence-electron chi connectivity index (χ4n) is 5.43. The van der Waals surface area contributed by atoms with Crippen LogP contribution in [0.3, 0.4) is 0 Å². The van der Waals surface area contributed by atoms with E-state index in [1.807, 2.05) is 0 Å². The SMILES string of the molecule is CCCCCCC=CCCCCCCC(C(=O)OC)C(CCCCCCCCCCCCCCC)OC(C)=O. The first-order chi connectivity index (χ1) is 19.1. The average Bonchev–Trinajstić information content (AvgIpc) is 2.92. The molecule has 39 heavy (non-hydrogen) atoms. The van der Waals surface area contributed by atoms with Crippen molar-refractivity contribution >= 4 is 11.9 Å². The van der Waals surface area contributed by atoms with Crippen molar-refractivity contribution in [2.45, 2.75) is 187 Å². The van der Waals surface area contributed by atoms with Gasteiger partial charge in [-0.15, -0.1) is 0 Å². The second-order valence-electron chi connectivity index (χ2n) is 11.6. The highest BCUT2D eigenvalue weighted by atomic mass is 16.6. The van der Waals surface area contributed by atoms with E-state index in [0.29, 0.717) is 0 Å². The summed E-state index contributed by atoms with van der Waals surface area (Å²) in [6, 6.07) is 0. The Morgan fingerprint density at radius 2 is 0.949 bits per heavy atom. The number of esters is 2. The molecule has 0 rings (SSSR count). The largest absolute Gasteiger partial charge is 0.469 e. The lowest BCUT2D eigenvalue weighted by Gasteiger charge is -2.25. The van der Waals surface area contributed by atoms with E-state index in [0.717, 1.165) is 44.9 Å². The molecule has 4 nitrogen and oxygen atoms in total. The molecule has 0 heterocycles. The standard InChI is InChI=1S/C35H66O4/c1-5-7-9-11-13-15-17-19-21-23-25-27-29-31-34(39-32(3)36)33(35(37)38-4)30-28-26-24-22-20-18-16-14-12-10-8-6-2/h16,18,33-34H,5-15,17,19-31H2,1-4H3. The molecule has 0 aromatic rings. The number of methoxy groups -OCH3 is 1. The van der Waals surface area contributed by atoms with E-state index in [9.17, 15) is 9.59 Å². The molecule has 2 unspecified atom stereocenters. The molecule has 0 spiro atoms. The van der Waals surface area contributed by atoms with Crippen LogP contribution >= 0.6 is 0 Å². The molecule has 4 heteroatoms. The van der Waals surface area contributed by atoms with Gasteiger partial charge in [0.05, 0.1) is 13.0 Å². The van der Waals surface area contributed by atoms with Crippen molar-refractivity contribution in [3.8, 4) is 0 Å². The van der Waals surface area contributed by atoms with Crippen molar-refractivity contribution in [1.29, 1.82) is 0 Å². The van der Waals surface area contributed by atoms with Crippen LogP contribution in [-0.2, 0) is 19.1 Å². The van der Waals surface area contributed by atoms with Gasteiger partial charge in [0, 0.05) is 6.92 Å². The predicted molar refractivity (Wildman–Crippen MR) is 167 cm³/mol. The van der Waals surface area contributed by atoms with Crippen LogP contribution in [0.5, 0.6) is 0 Å². The Kier molecular flexibility index (Phi) is 28.7. The topological polar surface area (TPSA) is 52.6 Å². The first kappa shape index (κ1) is 37.7. The third-order valence-corrected chi connectivity index (χ3v) is 7.89. The molecule has 0 aliphatic carbocycles. The molecule has 0 aliphatic rings. The Labute approximate surface area is 243 Å². The van der Waals surface area contributed by atoms with Crippen LogP contribution in [0.25, 0.3) is 0 Å². The Morgan fingerprint density at radius 3 is 1.38 bits per heavy atom. The van der Waals surface area contributed by atoms with Gasteiger partial charge in [-0.05, 0) is 44.9 Å². The minimum absolute atomic E-state index is 0.234. The summed E-state index contributed by atoms with van der Waals surface area (Å²) in [5.74, 6) is -0.883. The van der Waals surface area contributed by atoms with Crippen LogP contribution in [-0.4, -0.2) is 25.2 Å². The molecular formula is C35H66O4. The van der Waals surface area contributed by atoms with Gasteiger partial charge >= 0.3 is 11.9 Å². The highest BCUT2D eigenvalue weighted by Crippen LogP contribution is 2.24. The quantitative estimate of drug-likeness (QED) is 0.0528. The van der Waals surface area contributed by atoms with Crippen molar-refractivity contribution < 1.29 is 19.1 Å². The fraction of sp³-hybridized carbons (Fsp3) is 0.886. The molecule has 0 aliphatic heterocycles. The van der Waals surface area contributed by atoms with Gasteiger partial charge in [0.2, 0.25) is 0 Å². The summed E-state index contributed by atoms with van der Waals surface area (Å²) in [4.78, 5) is 24.4. The summed E-state index contributed by atoms with van der Waals surface area (Å²) < 4.78 is 10.8. The smallest absolute Gasteiger partial charge is 0.312 e. The Hall–Kier alpha value is -1.32. The van der Waals surface area contributed by atoms with E-state index < -0.39 is 0 Å². The number of ether oxygens (including phenoxy) is 2. The first-order valence-corrected chi connectivity index (χ1v) is 17.0. The maximum atomic E-state index is 12.6. The maximum Gasteiger partial charge on any atom is 0.312 e. The molecule has 0 amide bonds. The summed E-state index contributed by atoms with van der Waals surface area (Å²) in [7, 11) is 1.44. The molecule has 0 bridgehead atoms. The molecule has 0 fully saturated rings. The van der Waals surface area contributed by atoms with Gasteiger partial charge in [-0.3, -0.25) is 9.59 Å². The highest BCUT2D eigenvalue weighted by molar-refractivity contribution is 5.74. The van der Waals surface area contributed by atoms with Gasteiger partial charge in [-0.2, -0.15) is 0 Å². The van der Waals surface area contributed by atoms with E-state index in [4.69, 9.17) is 9.47 Å². The molecule has 0 saturated heterocycles. The van der Waals surface area contributed by atoms with Gasteiger partial charge in [0.1, 0.15) is 6.10 Å². The minimum atomic E-state index is -0.363. The second-order valence-corrected chi connectivity index (χ2v) is 11.6. The number of allylic oxidation sites excluding steroid dienone is 2. The zero-order valence-corrected chi connectivity index (χ0v) is 26.6. The number of carbonyl (C=O) groups is 2. The van der Waals surface area contributed by atoms with Crippen molar-refractivity contribution in [3.63, 3.8) is 0 Å². The summed E-state index contributed by atoms with van der Waals surface area (Å²) in [5, 5.41) is 0. The summed E-state index contributed by atoms with van der Waals surface area (Å²) in [6.45, 7) is 5.97. The molecule has 2 atom stereocenters. The first-order valence-electron chi connectivity index (χ1n) is 17.0. The Balaban J connectivity index is 4.15. The van der Waals surface area contributed by atoms with Crippen molar-refractivity contribution in [1.82, 2.24) is 0 Å². The lowest BCUT2D eigenvalue weighted by atomic mass is 9.91. The normalized spacial score (nSPS) is 13.0. The Morgan fingerprint density at radius 1 is 0.564 bits per heavy atom. The van der Waals surface area contributed by atoms with Crippen LogP contribution in [0, 0.1) is 5.92 Å². The van der Waals surface area contributed by atoms with Crippen LogP contribution < -0.4 is 0 Å². The molecule has 0 N–H and O–H groups in total. The van der Waals surface area contributed by atoms with E-state index in [-0.39, 0.29) is 24.0 Å². The van der Waals surface area contributed by atoms with E-state index in [2.05, 4.69) is 26.0 Å². The molecule has 230 valence electrons. The van der Waals surface area contributed by atoms with Gasteiger partial charge < -0.3 is 9.47 Å². The lowest BCUT2D eigenvalue weighted by molar-refractivity contribution is -0.160. The monoisotopic (exact) mass is 550 g/mol. The van der Waals surface area contributed by atoms with Gasteiger partial charge in [-0.25, -0.2) is 0 Å². The number of rotatable bonds is 29. The highest BCUT2D eigenvalue weighted by Gasteiger charge is 2.30. The summed E-state index contributed by atoms with van der Waals surface area (Å²) in [6.07, 6.45) is 34.8. The van der Waals surface area contributed by atoms with Gasteiger partial charge in [0.15, 0.2) is 0 Å². The molecule has 0 aromatic carbocycles. The van der Waals surface area contributed by atoms with Crippen LogP contribution in [0.15, 0.2) is 12.2 Å². The minimum Gasteiger partial charge on any atom is -0.469 e. The van der Waals surface area contributed by atoms with Gasteiger partial charge in [0.25, 0.3) is 0 Å². The average molecular weight is 551 g/mol. The molecular weight excluding hydrogens is 484 g/mol. The number of carbonyl (C=O) groups excluding carboxylic acids is 2. The predicted octanol–water partition coefficient (Wildman–Crippen LogP) is 11.1.